The van der Waals surface area contributed by atoms with Crippen molar-refractivity contribution in [3.8, 4) is 0 Å². The maximum Gasteiger partial charge on any atom is 0.153 e. The van der Waals surface area contributed by atoms with Gasteiger partial charge in [0.15, 0.2) is 5.78 Å². The van der Waals surface area contributed by atoms with Gasteiger partial charge in [0, 0.05) is 6.42 Å². The average molecular weight is 207 g/mol. The number of hydrogen-bond donors (Lipinski definition) is 0. The molecule has 0 radical (unpaired) electrons. The lowest BCUT2D eigenvalue weighted by atomic mass is 9.75. The highest BCUT2D eigenvalue weighted by Crippen LogP contribution is 2.39. The molecule has 1 nitrogen and oxygen atoms in total. The van der Waals surface area contributed by atoms with Gasteiger partial charge in [-0.2, -0.15) is 0 Å². The van der Waals surface area contributed by atoms with Crippen molar-refractivity contribution in [2.45, 2.75) is 50.6 Å². The Morgan fingerprint density at radius 1 is 1.62 bits per heavy atom. The summed E-state index contributed by atoms with van der Waals surface area (Å²) >= 11 is 5.97. The maximum absolute atomic E-state index is 13.5. The van der Waals surface area contributed by atoms with Gasteiger partial charge in [0.1, 0.15) is 5.67 Å². The number of hydrogen-bond acceptors (Lipinski definition) is 1. The van der Waals surface area contributed by atoms with E-state index in [2.05, 4.69) is 0 Å². The zero-order valence-corrected chi connectivity index (χ0v) is 9.12. The molecule has 1 rings (SSSR count). The number of halogens is 2. The van der Waals surface area contributed by atoms with E-state index in [0.29, 0.717) is 12.8 Å². The van der Waals surface area contributed by atoms with E-state index in [4.69, 9.17) is 11.6 Å². The summed E-state index contributed by atoms with van der Waals surface area (Å²) in [4.78, 5) is 10.7. The molecule has 0 aliphatic heterocycles. The van der Waals surface area contributed by atoms with E-state index in [1.807, 2.05) is 0 Å². The zero-order valence-electron chi connectivity index (χ0n) is 8.36. The second-order valence-electron chi connectivity index (χ2n) is 4.62. The molecule has 1 aliphatic rings. The first-order valence-electron chi connectivity index (χ1n) is 4.64. The minimum absolute atomic E-state index is 0.0175. The van der Waals surface area contributed by atoms with Crippen LogP contribution >= 0.6 is 11.6 Å². The molecule has 13 heavy (non-hydrogen) atoms. The Hall–Kier alpha value is -0.110. The quantitative estimate of drug-likeness (QED) is 0.603. The van der Waals surface area contributed by atoms with Gasteiger partial charge in [-0.25, -0.2) is 4.39 Å². The summed E-state index contributed by atoms with van der Waals surface area (Å²) in [6.07, 6.45) is 1.57. The molecule has 1 saturated carbocycles. The molecule has 0 heterocycles. The topological polar surface area (TPSA) is 17.1 Å². The highest BCUT2D eigenvalue weighted by Gasteiger charge is 2.42. The Labute approximate surface area is 83.6 Å². The van der Waals surface area contributed by atoms with Crippen LogP contribution in [0, 0.1) is 5.92 Å². The fourth-order valence-electron chi connectivity index (χ4n) is 1.71. The standard InChI is InChI=1S/C10H16ClFO/c1-9(2,12)7-4-5-10(3,11)8(13)6-7/h7H,4-6H2,1-3H3/t7-,10+/m1/s1. The first-order chi connectivity index (χ1) is 5.73. The lowest BCUT2D eigenvalue weighted by molar-refractivity contribution is -0.126. The molecule has 0 amide bonds. The van der Waals surface area contributed by atoms with Crippen molar-refractivity contribution in [1.82, 2.24) is 0 Å². The Balaban J connectivity index is 2.67. The minimum atomic E-state index is -1.26. The third-order valence-corrected chi connectivity index (χ3v) is 3.35. The third kappa shape index (κ3) is 2.43. The molecular formula is C10H16ClFO. The van der Waals surface area contributed by atoms with Gasteiger partial charge >= 0.3 is 0 Å². The molecule has 0 N–H and O–H groups in total. The first-order valence-corrected chi connectivity index (χ1v) is 5.02. The van der Waals surface area contributed by atoms with Gasteiger partial charge in [-0.1, -0.05) is 0 Å². The predicted molar refractivity (Wildman–Crippen MR) is 51.8 cm³/mol. The van der Waals surface area contributed by atoms with Crippen LogP contribution in [0.5, 0.6) is 0 Å². The lowest BCUT2D eigenvalue weighted by Gasteiger charge is -2.35. The Morgan fingerprint density at radius 2 is 2.15 bits per heavy atom. The molecular weight excluding hydrogens is 191 g/mol. The number of carbonyl (C=O) groups is 1. The average Bonchev–Trinajstić information content (AvgIpc) is 1.92. The Bertz CT molecular complexity index is 217. The van der Waals surface area contributed by atoms with Gasteiger partial charge in [0.2, 0.25) is 0 Å². The van der Waals surface area contributed by atoms with Crippen LogP contribution in [0.2, 0.25) is 0 Å². The van der Waals surface area contributed by atoms with Crippen LogP contribution in [0.1, 0.15) is 40.0 Å². The Kier molecular flexibility index (Phi) is 2.73. The van der Waals surface area contributed by atoms with Crippen molar-refractivity contribution in [1.29, 1.82) is 0 Å². The Morgan fingerprint density at radius 3 is 2.54 bits per heavy atom. The van der Waals surface area contributed by atoms with E-state index in [0.717, 1.165) is 0 Å². The molecule has 0 aromatic carbocycles. The molecule has 0 bridgehead atoms. The van der Waals surface area contributed by atoms with Crippen LogP contribution < -0.4 is 0 Å². The van der Waals surface area contributed by atoms with E-state index in [1.54, 1.807) is 6.92 Å². The molecule has 0 unspecified atom stereocenters. The van der Waals surface area contributed by atoms with Crippen LogP contribution in [-0.4, -0.2) is 16.3 Å². The number of alkyl halides is 2. The van der Waals surface area contributed by atoms with Crippen molar-refractivity contribution in [3.05, 3.63) is 0 Å². The monoisotopic (exact) mass is 206 g/mol. The summed E-state index contributed by atoms with van der Waals surface area (Å²) < 4.78 is 13.5. The lowest BCUT2D eigenvalue weighted by Crippen LogP contribution is -2.41. The van der Waals surface area contributed by atoms with Crippen molar-refractivity contribution < 1.29 is 9.18 Å². The third-order valence-electron chi connectivity index (χ3n) is 2.95. The van der Waals surface area contributed by atoms with Crippen LogP contribution in [0.15, 0.2) is 0 Å². The van der Waals surface area contributed by atoms with Crippen molar-refractivity contribution >= 4 is 17.4 Å². The van der Waals surface area contributed by atoms with Crippen LogP contribution in [0.25, 0.3) is 0 Å². The van der Waals surface area contributed by atoms with E-state index in [-0.39, 0.29) is 18.1 Å². The summed E-state index contributed by atoms with van der Waals surface area (Å²) in [7, 11) is 0. The molecule has 1 aliphatic carbocycles. The second-order valence-corrected chi connectivity index (χ2v) is 5.46. The van der Waals surface area contributed by atoms with Gasteiger partial charge in [0.05, 0.1) is 4.87 Å². The maximum atomic E-state index is 13.5. The summed E-state index contributed by atoms with van der Waals surface area (Å²) in [5.41, 5.74) is -1.26. The number of ketones is 1. The van der Waals surface area contributed by atoms with E-state index in [9.17, 15) is 9.18 Å². The highest BCUT2D eigenvalue weighted by atomic mass is 35.5. The summed E-state index contributed by atoms with van der Waals surface area (Å²) in [6, 6.07) is 0. The fraction of sp³-hybridized carbons (Fsp3) is 0.900. The summed E-state index contributed by atoms with van der Waals surface area (Å²) in [5.74, 6) is -0.178. The largest absolute Gasteiger partial charge is 0.298 e. The van der Waals surface area contributed by atoms with Crippen LogP contribution in [-0.2, 0) is 4.79 Å². The van der Waals surface area contributed by atoms with Crippen molar-refractivity contribution in [2.24, 2.45) is 5.92 Å². The number of carbonyl (C=O) groups excluding carboxylic acids is 1. The van der Waals surface area contributed by atoms with Crippen LogP contribution in [0.4, 0.5) is 4.39 Å². The van der Waals surface area contributed by atoms with Gasteiger partial charge in [-0.05, 0) is 39.5 Å². The highest BCUT2D eigenvalue weighted by molar-refractivity contribution is 6.35. The molecule has 3 heteroatoms. The molecule has 0 saturated heterocycles. The summed E-state index contributed by atoms with van der Waals surface area (Å²) in [6.45, 7) is 4.78. The fourth-order valence-corrected chi connectivity index (χ4v) is 1.90. The van der Waals surface area contributed by atoms with Crippen molar-refractivity contribution in [3.63, 3.8) is 0 Å². The molecule has 76 valence electrons. The first kappa shape index (κ1) is 11.0. The minimum Gasteiger partial charge on any atom is -0.298 e. The predicted octanol–water partition coefficient (Wildman–Crippen LogP) is 3.10. The molecule has 0 spiro atoms. The smallest absolute Gasteiger partial charge is 0.153 e. The molecule has 0 aromatic rings. The van der Waals surface area contributed by atoms with Crippen molar-refractivity contribution in [2.75, 3.05) is 0 Å². The second kappa shape index (κ2) is 3.23. The zero-order chi connectivity index (χ0) is 10.3. The van der Waals surface area contributed by atoms with Gasteiger partial charge in [-0.15, -0.1) is 11.6 Å². The summed E-state index contributed by atoms with van der Waals surface area (Å²) in [5, 5.41) is 0. The van der Waals surface area contributed by atoms with Gasteiger partial charge in [-0.3, -0.25) is 4.79 Å². The van der Waals surface area contributed by atoms with E-state index >= 15 is 0 Å². The van der Waals surface area contributed by atoms with Gasteiger partial charge in [0.25, 0.3) is 0 Å². The molecule has 2 atom stereocenters. The van der Waals surface area contributed by atoms with E-state index < -0.39 is 10.5 Å². The number of rotatable bonds is 1. The van der Waals surface area contributed by atoms with Gasteiger partial charge < -0.3 is 0 Å². The van der Waals surface area contributed by atoms with E-state index in [1.165, 1.54) is 13.8 Å². The normalized spacial score (nSPS) is 36.4. The van der Waals surface area contributed by atoms with Crippen LogP contribution in [0.3, 0.4) is 0 Å². The molecule has 1 fully saturated rings. The number of Topliss-reactive ketones (excluding diaryl/α,β-unsaturated/α-hetero) is 1. The molecule has 0 aromatic heterocycles. The SMILES string of the molecule is CC(C)(F)[C@@H]1CC[C@](C)(Cl)C(=O)C1.